The number of thiazole rings is 2. The summed E-state index contributed by atoms with van der Waals surface area (Å²) < 4.78 is 40.8. The number of amides is 2. The summed E-state index contributed by atoms with van der Waals surface area (Å²) in [6.45, 7) is 3.81. The van der Waals surface area contributed by atoms with E-state index in [4.69, 9.17) is 0 Å². The molecule has 186 valence electrons. The first-order valence-electron chi connectivity index (χ1n) is 10.8. The van der Waals surface area contributed by atoms with Crippen LogP contribution in [-0.4, -0.2) is 28.0 Å². The average Bonchev–Trinajstić information content (AvgIpc) is 3.42. The number of hydrogen-bond acceptors (Lipinski definition) is 6. The molecule has 0 aliphatic carbocycles. The Bertz CT molecular complexity index is 1380. The summed E-state index contributed by atoms with van der Waals surface area (Å²) in [6, 6.07) is 11.0. The van der Waals surface area contributed by atoms with Crippen molar-refractivity contribution >= 4 is 39.6 Å². The van der Waals surface area contributed by atoms with E-state index >= 15 is 0 Å². The molecule has 4 aromatic rings. The maximum absolute atomic E-state index is 13.6. The molecule has 2 heterocycles. The van der Waals surface area contributed by atoms with Gasteiger partial charge in [0, 0.05) is 10.9 Å². The first kappa shape index (κ1) is 25.5. The van der Waals surface area contributed by atoms with E-state index in [2.05, 4.69) is 20.6 Å². The second-order valence-electron chi connectivity index (χ2n) is 7.97. The molecule has 0 saturated heterocycles. The summed E-state index contributed by atoms with van der Waals surface area (Å²) in [5.41, 5.74) is 2.04. The van der Waals surface area contributed by atoms with Gasteiger partial charge in [-0.25, -0.2) is 9.97 Å². The molecule has 2 aromatic carbocycles. The highest BCUT2D eigenvalue weighted by Crippen LogP contribution is 2.33. The van der Waals surface area contributed by atoms with E-state index in [0.717, 1.165) is 21.3 Å². The van der Waals surface area contributed by atoms with E-state index in [1.807, 2.05) is 19.2 Å². The number of hydrogen-bond donors (Lipinski definition) is 2. The number of rotatable bonds is 7. The fourth-order valence-corrected chi connectivity index (χ4v) is 5.26. The lowest BCUT2D eigenvalue weighted by Gasteiger charge is -2.22. The highest BCUT2D eigenvalue weighted by molar-refractivity contribution is 7.16. The van der Waals surface area contributed by atoms with Crippen LogP contribution < -0.4 is 10.6 Å². The number of anilines is 1. The molecule has 1 atom stereocenters. The van der Waals surface area contributed by atoms with Gasteiger partial charge in [-0.1, -0.05) is 42.5 Å². The van der Waals surface area contributed by atoms with Gasteiger partial charge in [-0.3, -0.25) is 9.59 Å². The molecule has 0 aliphatic rings. The van der Waals surface area contributed by atoms with Gasteiger partial charge in [0.2, 0.25) is 5.91 Å². The molecule has 2 aromatic heterocycles. The minimum atomic E-state index is -4.67. The maximum Gasteiger partial charge on any atom is 0.412 e. The van der Waals surface area contributed by atoms with Crippen LogP contribution in [0.4, 0.5) is 18.3 Å². The number of carbonyl (C=O) groups is 2. The number of benzene rings is 2. The minimum absolute atomic E-state index is 0.0260. The summed E-state index contributed by atoms with van der Waals surface area (Å²) >= 11 is 2.80. The van der Waals surface area contributed by atoms with Gasteiger partial charge in [-0.05, 0) is 37.1 Å². The third-order valence-electron chi connectivity index (χ3n) is 5.18. The fourth-order valence-electron chi connectivity index (χ4n) is 3.59. The molecule has 4 rings (SSSR count). The fraction of sp³-hybridized carbons (Fsp3) is 0.200. The lowest BCUT2D eigenvalue weighted by molar-refractivity contribution is -0.155. The van der Waals surface area contributed by atoms with Crippen LogP contribution in [0.5, 0.6) is 0 Å². The molecule has 6 nitrogen and oxygen atoms in total. The maximum atomic E-state index is 13.6. The SMILES string of the molecule is Cc1nc(C)c(-c2csc(NC(=O)Cc3cccc(C(=O)N[C@@H](c4ccccc4)C(F)(F)F)c3)n2)s1. The predicted molar refractivity (Wildman–Crippen MR) is 134 cm³/mol. The van der Waals surface area contributed by atoms with Gasteiger partial charge in [0.25, 0.3) is 5.91 Å². The highest BCUT2D eigenvalue weighted by Gasteiger charge is 2.41. The van der Waals surface area contributed by atoms with E-state index in [0.29, 0.717) is 10.7 Å². The number of alkyl halides is 3. The van der Waals surface area contributed by atoms with Crippen molar-refractivity contribution in [2.45, 2.75) is 32.5 Å². The Labute approximate surface area is 213 Å². The number of carbonyl (C=O) groups excluding carboxylic acids is 2. The largest absolute Gasteiger partial charge is 0.412 e. The number of aromatic nitrogens is 2. The standard InChI is InChI=1S/C25H21F3N4O2S2/c1-14-21(36-15(2)29-14)19-13-35-24(30-19)31-20(33)12-16-7-6-10-18(11-16)23(34)32-22(25(26,27)28)17-8-4-3-5-9-17/h3-11,13,22H,12H2,1-2H3,(H,32,34)(H,30,31,33)/t22-/m0/s1. The number of nitrogens with one attached hydrogen (secondary N) is 2. The van der Waals surface area contributed by atoms with Crippen LogP contribution in [-0.2, 0) is 11.2 Å². The van der Waals surface area contributed by atoms with Crippen LogP contribution >= 0.6 is 22.7 Å². The second-order valence-corrected chi connectivity index (χ2v) is 10.0. The summed E-state index contributed by atoms with van der Waals surface area (Å²) in [5, 5.41) is 7.98. The van der Waals surface area contributed by atoms with Crippen molar-refractivity contribution in [2.24, 2.45) is 0 Å². The van der Waals surface area contributed by atoms with Gasteiger partial charge in [0.1, 0.15) is 0 Å². The first-order valence-corrected chi connectivity index (χ1v) is 12.5. The topological polar surface area (TPSA) is 84.0 Å². The van der Waals surface area contributed by atoms with Crippen molar-refractivity contribution < 1.29 is 22.8 Å². The zero-order valence-corrected chi connectivity index (χ0v) is 20.9. The third-order valence-corrected chi connectivity index (χ3v) is 7.03. The van der Waals surface area contributed by atoms with Crippen molar-refractivity contribution in [1.82, 2.24) is 15.3 Å². The van der Waals surface area contributed by atoms with Crippen molar-refractivity contribution in [2.75, 3.05) is 5.32 Å². The minimum Gasteiger partial charge on any atom is -0.337 e. The number of aryl methyl sites for hydroxylation is 2. The van der Waals surface area contributed by atoms with Crippen molar-refractivity contribution in [3.05, 3.63) is 87.4 Å². The number of nitrogens with zero attached hydrogens (tertiary/aromatic N) is 2. The van der Waals surface area contributed by atoms with Gasteiger partial charge >= 0.3 is 6.18 Å². The van der Waals surface area contributed by atoms with Crippen LogP contribution in [0.1, 0.15) is 38.2 Å². The zero-order valence-electron chi connectivity index (χ0n) is 19.2. The van der Waals surface area contributed by atoms with E-state index in [1.54, 1.807) is 12.1 Å². The molecule has 0 unspecified atom stereocenters. The molecular weight excluding hydrogens is 509 g/mol. The van der Waals surface area contributed by atoms with Gasteiger partial charge in [-0.2, -0.15) is 13.2 Å². The lowest BCUT2D eigenvalue weighted by atomic mass is 10.0. The molecule has 0 bridgehead atoms. The van der Waals surface area contributed by atoms with Crippen LogP contribution in [0, 0.1) is 13.8 Å². The average molecular weight is 531 g/mol. The Balaban J connectivity index is 1.42. The first-order chi connectivity index (χ1) is 17.1. The predicted octanol–water partition coefficient (Wildman–Crippen LogP) is 6.10. The van der Waals surface area contributed by atoms with Gasteiger partial charge in [0.05, 0.1) is 27.7 Å². The second kappa shape index (κ2) is 10.6. The Morgan fingerprint density at radius 2 is 1.78 bits per heavy atom. The third kappa shape index (κ3) is 6.16. The molecule has 2 amide bonds. The van der Waals surface area contributed by atoms with E-state index in [9.17, 15) is 22.8 Å². The monoisotopic (exact) mass is 530 g/mol. The van der Waals surface area contributed by atoms with E-state index in [1.165, 1.54) is 65.1 Å². The molecule has 11 heteroatoms. The summed E-state index contributed by atoms with van der Waals surface area (Å²) in [7, 11) is 0. The highest BCUT2D eigenvalue weighted by atomic mass is 32.1. The van der Waals surface area contributed by atoms with Crippen LogP contribution in [0.3, 0.4) is 0 Å². The summed E-state index contributed by atoms with van der Waals surface area (Å²) in [4.78, 5) is 35.0. The lowest BCUT2D eigenvalue weighted by Crippen LogP contribution is -2.38. The van der Waals surface area contributed by atoms with Gasteiger partial charge in [0.15, 0.2) is 11.2 Å². The summed E-state index contributed by atoms with van der Waals surface area (Å²) in [6.07, 6.45) is -4.74. The normalized spacial score (nSPS) is 12.2. The summed E-state index contributed by atoms with van der Waals surface area (Å²) in [5.74, 6) is -1.24. The molecule has 0 saturated carbocycles. The Morgan fingerprint density at radius 1 is 1.03 bits per heavy atom. The molecule has 36 heavy (non-hydrogen) atoms. The number of halogens is 3. The van der Waals surface area contributed by atoms with Crippen molar-refractivity contribution in [3.63, 3.8) is 0 Å². The quantitative estimate of drug-likeness (QED) is 0.303. The Kier molecular flexibility index (Phi) is 7.51. The van der Waals surface area contributed by atoms with Crippen LogP contribution in [0.2, 0.25) is 0 Å². The Morgan fingerprint density at radius 3 is 2.44 bits per heavy atom. The molecular formula is C25H21F3N4O2S2. The van der Waals surface area contributed by atoms with Crippen molar-refractivity contribution in [1.29, 1.82) is 0 Å². The Hall–Kier alpha value is -3.57. The van der Waals surface area contributed by atoms with E-state index < -0.39 is 18.1 Å². The molecule has 0 fully saturated rings. The smallest absolute Gasteiger partial charge is 0.337 e. The molecule has 0 aliphatic heterocycles. The van der Waals surface area contributed by atoms with Gasteiger partial charge in [-0.15, -0.1) is 22.7 Å². The van der Waals surface area contributed by atoms with Crippen LogP contribution in [0.25, 0.3) is 10.6 Å². The zero-order chi connectivity index (χ0) is 25.9. The molecule has 2 N–H and O–H groups in total. The van der Waals surface area contributed by atoms with Crippen LogP contribution in [0.15, 0.2) is 60.0 Å². The molecule has 0 spiro atoms. The molecule has 0 radical (unpaired) electrons. The van der Waals surface area contributed by atoms with Crippen molar-refractivity contribution in [3.8, 4) is 10.6 Å². The van der Waals surface area contributed by atoms with Gasteiger partial charge < -0.3 is 10.6 Å². The van der Waals surface area contributed by atoms with E-state index in [-0.39, 0.29) is 23.5 Å².